The Morgan fingerprint density at radius 2 is 1.88 bits per heavy atom. The molecule has 1 aliphatic heterocycles. The fourth-order valence-electron chi connectivity index (χ4n) is 2.04. The second kappa shape index (κ2) is 3.08. The Morgan fingerprint density at radius 1 is 1.19 bits per heavy atom. The molecule has 0 atom stereocenters. The van der Waals surface area contributed by atoms with E-state index >= 15 is 0 Å². The van der Waals surface area contributed by atoms with Crippen LogP contribution in [0, 0.1) is 0 Å². The number of nitrogens with one attached hydrogen (secondary N) is 1. The summed E-state index contributed by atoms with van der Waals surface area (Å²) < 4.78 is 5.82. The highest BCUT2D eigenvalue weighted by atomic mass is 16.3. The van der Waals surface area contributed by atoms with E-state index in [0.717, 1.165) is 30.1 Å². The fraction of sp³-hybridized carbons (Fsp3) is 0.462. The molecule has 0 amide bonds. The third kappa shape index (κ3) is 1.43. The maximum absolute atomic E-state index is 5.82. The zero-order valence-electron chi connectivity index (χ0n) is 9.92. The molecule has 2 heterocycles. The molecule has 0 spiro atoms. The Balaban J connectivity index is 2.19. The Hall–Kier alpha value is -1.35. The SMILES string of the molecule is CC(C)(C)c1nc2cc3c(cc2o1)CNC3. The van der Waals surface area contributed by atoms with Gasteiger partial charge in [-0.2, -0.15) is 0 Å². The summed E-state index contributed by atoms with van der Waals surface area (Å²) in [7, 11) is 0. The summed E-state index contributed by atoms with van der Waals surface area (Å²) in [5.74, 6) is 0.819. The van der Waals surface area contributed by atoms with Crippen LogP contribution in [0.5, 0.6) is 0 Å². The Kier molecular flexibility index (Phi) is 1.89. The predicted octanol–water partition coefficient (Wildman–Crippen LogP) is 2.73. The van der Waals surface area contributed by atoms with Crippen molar-refractivity contribution in [2.45, 2.75) is 39.3 Å². The molecule has 2 aromatic rings. The molecule has 3 rings (SSSR count). The summed E-state index contributed by atoms with van der Waals surface area (Å²) in [6, 6.07) is 4.26. The number of rotatable bonds is 0. The second-order valence-corrected chi connectivity index (χ2v) is 5.46. The van der Waals surface area contributed by atoms with Crippen LogP contribution in [0.4, 0.5) is 0 Å². The first-order chi connectivity index (χ1) is 7.54. The van der Waals surface area contributed by atoms with Crippen molar-refractivity contribution in [2.75, 3.05) is 0 Å². The van der Waals surface area contributed by atoms with Crippen molar-refractivity contribution in [1.82, 2.24) is 10.3 Å². The van der Waals surface area contributed by atoms with E-state index in [2.05, 4.69) is 43.2 Å². The number of nitrogens with zero attached hydrogens (tertiary/aromatic N) is 1. The van der Waals surface area contributed by atoms with Gasteiger partial charge >= 0.3 is 0 Å². The van der Waals surface area contributed by atoms with Crippen LogP contribution in [0.3, 0.4) is 0 Å². The van der Waals surface area contributed by atoms with Crippen LogP contribution >= 0.6 is 0 Å². The third-order valence-electron chi connectivity index (χ3n) is 2.98. The minimum absolute atomic E-state index is 0.0261. The molecule has 0 saturated heterocycles. The van der Waals surface area contributed by atoms with Gasteiger partial charge in [0.05, 0.1) is 0 Å². The average molecular weight is 216 g/mol. The van der Waals surface area contributed by atoms with E-state index in [4.69, 9.17) is 4.42 Å². The van der Waals surface area contributed by atoms with Crippen molar-refractivity contribution in [1.29, 1.82) is 0 Å². The quantitative estimate of drug-likeness (QED) is 0.735. The van der Waals surface area contributed by atoms with E-state index in [0.29, 0.717) is 0 Å². The van der Waals surface area contributed by atoms with Crippen molar-refractivity contribution in [2.24, 2.45) is 0 Å². The van der Waals surface area contributed by atoms with Gasteiger partial charge < -0.3 is 9.73 Å². The summed E-state index contributed by atoms with van der Waals surface area (Å²) in [5.41, 5.74) is 4.55. The molecular weight excluding hydrogens is 200 g/mol. The summed E-state index contributed by atoms with van der Waals surface area (Å²) >= 11 is 0. The number of hydrogen-bond donors (Lipinski definition) is 1. The van der Waals surface area contributed by atoms with E-state index in [1.807, 2.05) is 0 Å². The zero-order chi connectivity index (χ0) is 11.3. The lowest BCUT2D eigenvalue weighted by Crippen LogP contribution is -2.10. The molecule has 0 aliphatic carbocycles. The lowest BCUT2D eigenvalue weighted by atomic mass is 9.97. The number of oxazole rings is 1. The van der Waals surface area contributed by atoms with Crippen LogP contribution in [0.2, 0.25) is 0 Å². The largest absolute Gasteiger partial charge is 0.440 e. The predicted molar refractivity (Wildman–Crippen MR) is 63.3 cm³/mol. The number of hydrogen-bond acceptors (Lipinski definition) is 3. The van der Waals surface area contributed by atoms with Crippen LogP contribution in [0.1, 0.15) is 37.8 Å². The fourth-order valence-corrected chi connectivity index (χ4v) is 2.04. The molecule has 84 valence electrons. The highest BCUT2D eigenvalue weighted by Gasteiger charge is 2.22. The maximum Gasteiger partial charge on any atom is 0.200 e. The molecule has 0 saturated carbocycles. The minimum atomic E-state index is -0.0261. The zero-order valence-corrected chi connectivity index (χ0v) is 9.92. The Labute approximate surface area is 94.9 Å². The number of fused-ring (bicyclic) bond motifs is 2. The lowest BCUT2D eigenvalue weighted by Gasteiger charge is -2.11. The molecule has 0 unspecified atom stereocenters. The van der Waals surface area contributed by atoms with Crippen molar-refractivity contribution in [3.8, 4) is 0 Å². The minimum Gasteiger partial charge on any atom is -0.440 e. The van der Waals surface area contributed by atoms with Crippen molar-refractivity contribution >= 4 is 11.1 Å². The molecule has 1 N–H and O–H groups in total. The molecule has 3 nitrogen and oxygen atoms in total. The Bertz CT molecular complexity index is 508. The topological polar surface area (TPSA) is 38.1 Å². The molecule has 0 fully saturated rings. The van der Waals surface area contributed by atoms with Gasteiger partial charge in [-0.3, -0.25) is 0 Å². The van der Waals surface area contributed by atoms with Gasteiger partial charge in [0.2, 0.25) is 5.89 Å². The monoisotopic (exact) mass is 216 g/mol. The van der Waals surface area contributed by atoms with E-state index < -0.39 is 0 Å². The van der Waals surface area contributed by atoms with Gasteiger partial charge in [0.25, 0.3) is 0 Å². The average Bonchev–Trinajstić information content (AvgIpc) is 2.75. The maximum atomic E-state index is 5.82. The van der Waals surface area contributed by atoms with Gasteiger partial charge in [0.1, 0.15) is 5.52 Å². The Morgan fingerprint density at radius 3 is 2.56 bits per heavy atom. The van der Waals surface area contributed by atoms with Crippen LogP contribution < -0.4 is 5.32 Å². The van der Waals surface area contributed by atoms with Gasteiger partial charge in [0, 0.05) is 18.5 Å². The van der Waals surface area contributed by atoms with Crippen LogP contribution in [-0.4, -0.2) is 4.98 Å². The molecule has 0 bridgehead atoms. The normalized spacial score (nSPS) is 15.7. The highest BCUT2D eigenvalue weighted by Crippen LogP contribution is 2.28. The highest BCUT2D eigenvalue weighted by molar-refractivity contribution is 5.75. The van der Waals surface area contributed by atoms with E-state index in [1.54, 1.807) is 0 Å². The van der Waals surface area contributed by atoms with E-state index in [9.17, 15) is 0 Å². The summed E-state index contributed by atoms with van der Waals surface area (Å²) in [4.78, 5) is 4.57. The first-order valence-electron chi connectivity index (χ1n) is 5.67. The van der Waals surface area contributed by atoms with Crippen molar-refractivity contribution < 1.29 is 4.42 Å². The molecular formula is C13H16N2O. The smallest absolute Gasteiger partial charge is 0.200 e. The van der Waals surface area contributed by atoms with Gasteiger partial charge in [-0.1, -0.05) is 20.8 Å². The van der Waals surface area contributed by atoms with Gasteiger partial charge in [-0.15, -0.1) is 0 Å². The lowest BCUT2D eigenvalue weighted by molar-refractivity contribution is 0.411. The van der Waals surface area contributed by atoms with Gasteiger partial charge in [0.15, 0.2) is 5.58 Å². The summed E-state index contributed by atoms with van der Waals surface area (Å²) in [6.45, 7) is 8.24. The van der Waals surface area contributed by atoms with Crippen LogP contribution in [-0.2, 0) is 18.5 Å². The van der Waals surface area contributed by atoms with E-state index in [1.165, 1.54) is 11.1 Å². The molecule has 0 radical (unpaired) electrons. The van der Waals surface area contributed by atoms with Gasteiger partial charge in [-0.25, -0.2) is 4.98 Å². The summed E-state index contributed by atoms with van der Waals surface area (Å²) in [5, 5.41) is 3.33. The van der Waals surface area contributed by atoms with Crippen molar-refractivity contribution in [3.05, 3.63) is 29.2 Å². The molecule has 1 aliphatic rings. The molecule has 16 heavy (non-hydrogen) atoms. The van der Waals surface area contributed by atoms with Gasteiger partial charge in [-0.05, 0) is 23.3 Å². The third-order valence-corrected chi connectivity index (χ3v) is 2.98. The van der Waals surface area contributed by atoms with Crippen LogP contribution in [0.25, 0.3) is 11.1 Å². The van der Waals surface area contributed by atoms with Crippen molar-refractivity contribution in [3.63, 3.8) is 0 Å². The number of aromatic nitrogens is 1. The molecule has 1 aromatic carbocycles. The standard InChI is InChI=1S/C13H16N2O/c1-13(2,3)12-15-10-4-8-6-14-7-9(8)5-11(10)16-12/h4-5,14H,6-7H2,1-3H3. The van der Waals surface area contributed by atoms with Crippen LogP contribution in [0.15, 0.2) is 16.5 Å². The molecule has 3 heteroatoms. The van der Waals surface area contributed by atoms with E-state index in [-0.39, 0.29) is 5.41 Å². The first kappa shape index (κ1) is 9.85. The first-order valence-corrected chi connectivity index (χ1v) is 5.67. The number of benzene rings is 1. The second-order valence-electron chi connectivity index (χ2n) is 5.46. The molecule has 1 aromatic heterocycles. The summed E-state index contributed by atoms with van der Waals surface area (Å²) in [6.07, 6.45) is 0.